The molecule has 144 valence electrons. The number of amides is 1. The number of rotatable bonds is 4. The van der Waals surface area contributed by atoms with Gasteiger partial charge in [0.15, 0.2) is 0 Å². The third-order valence-electron chi connectivity index (χ3n) is 5.87. The second-order valence-corrected chi connectivity index (χ2v) is 9.52. The number of nitrogens with zero attached hydrogens (tertiary/aromatic N) is 1. The molecule has 1 aliphatic heterocycles. The average molecular weight is 379 g/mol. The standard InChI is InChI=1S/C20H30N2O3S/c1-15-8-9-19(14-16(15)2)26(24,25)21-18-10-12-22(13-11-18)20(23)17-6-4-3-5-7-17/h8-9,14,17-18,21H,3-7,10-13H2,1-2H3. The monoisotopic (exact) mass is 378 g/mol. The second-order valence-electron chi connectivity index (χ2n) is 7.80. The smallest absolute Gasteiger partial charge is 0.240 e. The highest BCUT2D eigenvalue weighted by molar-refractivity contribution is 7.89. The Morgan fingerprint density at radius 1 is 1.00 bits per heavy atom. The Balaban J connectivity index is 1.56. The largest absolute Gasteiger partial charge is 0.342 e. The van der Waals surface area contributed by atoms with Gasteiger partial charge in [-0.2, -0.15) is 0 Å². The van der Waals surface area contributed by atoms with Crippen molar-refractivity contribution in [1.82, 2.24) is 9.62 Å². The van der Waals surface area contributed by atoms with E-state index < -0.39 is 10.0 Å². The van der Waals surface area contributed by atoms with Crippen molar-refractivity contribution in [2.75, 3.05) is 13.1 Å². The van der Waals surface area contributed by atoms with Gasteiger partial charge in [-0.15, -0.1) is 0 Å². The Kier molecular flexibility index (Phi) is 6.03. The van der Waals surface area contributed by atoms with E-state index in [0.717, 1.165) is 36.8 Å². The molecule has 5 nitrogen and oxygen atoms in total. The minimum absolute atomic E-state index is 0.1000. The molecule has 2 fully saturated rings. The highest BCUT2D eigenvalue weighted by Crippen LogP contribution is 2.27. The Labute approximate surface area is 157 Å². The van der Waals surface area contributed by atoms with E-state index in [1.165, 1.54) is 6.42 Å². The first kappa shape index (κ1) is 19.4. The summed E-state index contributed by atoms with van der Waals surface area (Å²) in [7, 11) is -3.51. The van der Waals surface area contributed by atoms with Crippen molar-refractivity contribution in [1.29, 1.82) is 0 Å². The van der Waals surface area contributed by atoms with Gasteiger partial charge in [-0.3, -0.25) is 4.79 Å². The van der Waals surface area contributed by atoms with Crippen molar-refractivity contribution in [3.05, 3.63) is 29.3 Å². The highest BCUT2D eigenvalue weighted by atomic mass is 32.2. The van der Waals surface area contributed by atoms with Crippen LogP contribution in [0.1, 0.15) is 56.1 Å². The number of carbonyl (C=O) groups is 1. The molecule has 6 heteroatoms. The minimum Gasteiger partial charge on any atom is -0.342 e. The fourth-order valence-corrected chi connectivity index (χ4v) is 5.38. The third-order valence-corrected chi connectivity index (χ3v) is 7.39. The van der Waals surface area contributed by atoms with E-state index in [1.807, 2.05) is 24.8 Å². The van der Waals surface area contributed by atoms with Crippen molar-refractivity contribution in [2.24, 2.45) is 5.92 Å². The fraction of sp³-hybridized carbons (Fsp3) is 0.650. The van der Waals surface area contributed by atoms with Crippen molar-refractivity contribution >= 4 is 15.9 Å². The quantitative estimate of drug-likeness (QED) is 0.875. The van der Waals surface area contributed by atoms with Crippen LogP contribution in [0.5, 0.6) is 0 Å². The first-order valence-corrected chi connectivity index (χ1v) is 11.2. The second kappa shape index (κ2) is 8.09. The first-order chi connectivity index (χ1) is 12.4. The summed E-state index contributed by atoms with van der Waals surface area (Å²) in [6.45, 7) is 5.19. The van der Waals surface area contributed by atoms with Crippen LogP contribution in [0.4, 0.5) is 0 Å². The summed E-state index contributed by atoms with van der Waals surface area (Å²) in [5, 5.41) is 0. The molecule has 0 aromatic heterocycles. The lowest BCUT2D eigenvalue weighted by Crippen LogP contribution is -2.48. The zero-order valence-electron chi connectivity index (χ0n) is 15.8. The van der Waals surface area contributed by atoms with E-state index in [0.29, 0.717) is 30.8 Å². The number of likely N-dealkylation sites (tertiary alicyclic amines) is 1. The summed E-state index contributed by atoms with van der Waals surface area (Å²) < 4.78 is 28.1. The van der Waals surface area contributed by atoms with Crippen molar-refractivity contribution in [3.8, 4) is 0 Å². The lowest BCUT2D eigenvalue weighted by molar-refractivity contribution is -0.137. The lowest BCUT2D eigenvalue weighted by Gasteiger charge is -2.35. The fourth-order valence-electron chi connectivity index (χ4n) is 3.99. The summed E-state index contributed by atoms with van der Waals surface area (Å²) >= 11 is 0. The third kappa shape index (κ3) is 4.46. The first-order valence-electron chi connectivity index (χ1n) is 9.75. The molecule has 1 N–H and O–H groups in total. The number of benzene rings is 1. The van der Waals surface area contributed by atoms with Gasteiger partial charge in [-0.1, -0.05) is 25.3 Å². The molecule has 1 aromatic carbocycles. The van der Waals surface area contributed by atoms with Gasteiger partial charge >= 0.3 is 0 Å². The molecule has 1 saturated carbocycles. The molecule has 0 radical (unpaired) electrons. The van der Waals surface area contributed by atoms with E-state index in [2.05, 4.69) is 4.72 Å². The Hall–Kier alpha value is -1.40. The van der Waals surface area contributed by atoms with Gasteiger partial charge in [0, 0.05) is 25.0 Å². The highest BCUT2D eigenvalue weighted by Gasteiger charge is 2.30. The molecule has 26 heavy (non-hydrogen) atoms. The van der Waals surface area contributed by atoms with Gasteiger partial charge in [0.25, 0.3) is 0 Å². The van der Waals surface area contributed by atoms with Gasteiger partial charge in [-0.25, -0.2) is 13.1 Å². The lowest BCUT2D eigenvalue weighted by atomic mass is 9.87. The Morgan fingerprint density at radius 2 is 1.65 bits per heavy atom. The average Bonchev–Trinajstić information content (AvgIpc) is 2.64. The van der Waals surface area contributed by atoms with Crippen molar-refractivity contribution in [2.45, 2.75) is 69.7 Å². The van der Waals surface area contributed by atoms with E-state index in [9.17, 15) is 13.2 Å². The normalized spacial score (nSPS) is 20.3. The van der Waals surface area contributed by atoms with Crippen LogP contribution in [-0.4, -0.2) is 38.4 Å². The minimum atomic E-state index is -3.51. The summed E-state index contributed by atoms with van der Waals surface area (Å²) in [4.78, 5) is 14.9. The maximum absolute atomic E-state index is 12.6. The molecule has 0 bridgehead atoms. The molecule has 3 rings (SSSR count). The molecule has 1 saturated heterocycles. The van der Waals surface area contributed by atoms with Crippen LogP contribution in [-0.2, 0) is 14.8 Å². The van der Waals surface area contributed by atoms with E-state index in [4.69, 9.17) is 0 Å². The van der Waals surface area contributed by atoms with E-state index in [1.54, 1.807) is 12.1 Å². The van der Waals surface area contributed by atoms with Crippen LogP contribution in [0.25, 0.3) is 0 Å². The Morgan fingerprint density at radius 3 is 2.27 bits per heavy atom. The van der Waals surface area contributed by atoms with Crippen LogP contribution in [0.2, 0.25) is 0 Å². The van der Waals surface area contributed by atoms with E-state index in [-0.39, 0.29) is 17.9 Å². The molecule has 0 atom stereocenters. The molecule has 0 unspecified atom stereocenters. The molecular formula is C20H30N2O3S. The molecule has 0 spiro atoms. The zero-order valence-corrected chi connectivity index (χ0v) is 16.6. The molecule has 1 aliphatic carbocycles. The molecule has 1 amide bonds. The number of sulfonamides is 1. The summed E-state index contributed by atoms with van der Waals surface area (Å²) in [6, 6.07) is 5.12. The number of carbonyl (C=O) groups excluding carboxylic acids is 1. The van der Waals surface area contributed by atoms with Crippen molar-refractivity contribution in [3.63, 3.8) is 0 Å². The summed E-state index contributed by atoms with van der Waals surface area (Å²) in [5.41, 5.74) is 2.05. The number of hydrogen-bond acceptors (Lipinski definition) is 3. The Bertz CT molecular complexity index is 746. The maximum atomic E-state index is 12.6. The van der Waals surface area contributed by atoms with Gasteiger partial charge in [0.1, 0.15) is 0 Å². The van der Waals surface area contributed by atoms with Crippen LogP contribution >= 0.6 is 0 Å². The van der Waals surface area contributed by atoms with Gasteiger partial charge < -0.3 is 4.90 Å². The summed E-state index contributed by atoms with van der Waals surface area (Å²) in [5.74, 6) is 0.465. The maximum Gasteiger partial charge on any atom is 0.240 e. The van der Waals surface area contributed by atoms with Crippen LogP contribution < -0.4 is 4.72 Å². The predicted molar refractivity (Wildman–Crippen MR) is 102 cm³/mol. The SMILES string of the molecule is Cc1ccc(S(=O)(=O)NC2CCN(C(=O)C3CCCCC3)CC2)cc1C. The van der Waals surface area contributed by atoms with Crippen molar-refractivity contribution < 1.29 is 13.2 Å². The van der Waals surface area contributed by atoms with Gasteiger partial charge in [-0.05, 0) is 62.8 Å². The van der Waals surface area contributed by atoms with Gasteiger partial charge in [0.05, 0.1) is 4.90 Å². The number of nitrogens with one attached hydrogen (secondary N) is 1. The molecule has 2 aliphatic rings. The zero-order chi connectivity index (χ0) is 18.7. The summed E-state index contributed by atoms with van der Waals surface area (Å²) in [6.07, 6.45) is 6.94. The van der Waals surface area contributed by atoms with Crippen LogP contribution in [0.15, 0.2) is 23.1 Å². The molecular weight excluding hydrogens is 348 g/mol. The number of piperidine rings is 1. The van der Waals surface area contributed by atoms with Crippen LogP contribution in [0, 0.1) is 19.8 Å². The number of aryl methyl sites for hydroxylation is 2. The van der Waals surface area contributed by atoms with Gasteiger partial charge in [0.2, 0.25) is 15.9 Å². The topological polar surface area (TPSA) is 66.5 Å². The van der Waals surface area contributed by atoms with Crippen LogP contribution in [0.3, 0.4) is 0 Å². The van der Waals surface area contributed by atoms with E-state index >= 15 is 0 Å². The molecule has 1 aromatic rings. The molecule has 1 heterocycles. The predicted octanol–water partition coefficient (Wildman–Crippen LogP) is 3.15. The number of hydrogen-bond donors (Lipinski definition) is 1.